The van der Waals surface area contributed by atoms with Crippen LogP contribution < -0.4 is 0 Å². The summed E-state index contributed by atoms with van der Waals surface area (Å²) in [5, 5.41) is 9.07. The summed E-state index contributed by atoms with van der Waals surface area (Å²) in [6.07, 6.45) is 1.46. The highest BCUT2D eigenvalue weighted by atomic mass is 19.4. The highest BCUT2D eigenvalue weighted by Crippen LogP contribution is 2.50. The Hall–Kier alpha value is -3.94. The molecule has 202 valence electrons. The van der Waals surface area contributed by atoms with Gasteiger partial charge in [-0.05, 0) is 68.9 Å². The van der Waals surface area contributed by atoms with Crippen LogP contribution in [0.3, 0.4) is 0 Å². The molecule has 6 nitrogen and oxygen atoms in total. The molecule has 2 heterocycles. The Kier molecular flexibility index (Phi) is 6.83. The summed E-state index contributed by atoms with van der Waals surface area (Å²) in [6, 6.07) is 6.34. The van der Waals surface area contributed by atoms with Gasteiger partial charge in [0, 0.05) is 42.2 Å². The second-order valence-electron chi connectivity index (χ2n) is 10.1. The molecule has 1 amide bonds. The monoisotopic (exact) mass is 541 g/mol. The smallest absolute Gasteiger partial charge is 0.330 e. The number of rotatable bonds is 8. The number of nitrogens with zero attached hydrogens (tertiary/aromatic N) is 5. The van der Waals surface area contributed by atoms with Crippen LogP contribution in [-0.2, 0) is 12.1 Å². The van der Waals surface area contributed by atoms with Crippen molar-refractivity contribution >= 4 is 5.91 Å². The molecule has 0 aliphatic heterocycles. The van der Waals surface area contributed by atoms with Crippen LogP contribution in [0.5, 0.6) is 0 Å². The van der Waals surface area contributed by atoms with Crippen molar-refractivity contribution in [3.63, 3.8) is 0 Å². The summed E-state index contributed by atoms with van der Waals surface area (Å²) in [6.45, 7) is 1.90. The fourth-order valence-corrected chi connectivity index (χ4v) is 4.55. The van der Waals surface area contributed by atoms with Crippen molar-refractivity contribution in [2.45, 2.75) is 50.7 Å². The van der Waals surface area contributed by atoms with Crippen molar-refractivity contribution < 1.29 is 26.7 Å². The summed E-state index contributed by atoms with van der Waals surface area (Å²) in [7, 11) is 0. The number of halogens is 5. The van der Waals surface area contributed by atoms with E-state index in [0.717, 1.165) is 18.9 Å². The number of hydrogen-bond acceptors (Lipinski definition) is 5. The van der Waals surface area contributed by atoms with Crippen molar-refractivity contribution in [2.24, 2.45) is 11.8 Å². The minimum Gasteiger partial charge on any atom is -0.330 e. The number of hydrogen-bond donors (Lipinski definition) is 0. The molecule has 0 N–H and O–H groups in total. The highest BCUT2D eigenvalue weighted by molar-refractivity contribution is 5.95. The first kappa shape index (κ1) is 26.7. The topological polar surface area (TPSA) is 82.8 Å². The van der Waals surface area contributed by atoms with Crippen LogP contribution in [-0.4, -0.2) is 32.3 Å². The second-order valence-corrected chi connectivity index (χ2v) is 10.1. The predicted molar refractivity (Wildman–Crippen MR) is 130 cm³/mol. The molecule has 3 aromatic rings. The van der Waals surface area contributed by atoms with Gasteiger partial charge in [0.1, 0.15) is 11.8 Å². The molecule has 1 aromatic carbocycles. The maximum atomic E-state index is 15.0. The molecule has 0 bridgehead atoms. The highest BCUT2D eigenvalue weighted by Gasteiger charge is 2.49. The van der Waals surface area contributed by atoms with E-state index in [0.29, 0.717) is 34.8 Å². The molecule has 2 aliphatic carbocycles. The van der Waals surface area contributed by atoms with Gasteiger partial charge < -0.3 is 4.90 Å². The Morgan fingerprint density at radius 3 is 2.31 bits per heavy atom. The van der Waals surface area contributed by atoms with Crippen molar-refractivity contribution in [1.82, 2.24) is 19.9 Å². The fourth-order valence-electron chi connectivity index (χ4n) is 4.55. The number of nitriles is 1. The van der Waals surface area contributed by atoms with E-state index in [9.17, 15) is 26.7 Å². The Balaban J connectivity index is 1.55. The van der Waals surface area contributed by atoms with E-state index < -0.39 is 46.7 Å². The minimum atomic E-state index is -4.91. The quantitative estimate of drug-likeness (QED) is 0.302. The van der Waals surface area contributed by atoms with Gasteiger partial charge in [-0.25, -0.2) is 8.78 Å². The Morgan fingerprint density at radius 2 is 1.72 bits per heavy atom. The van der Waals surface area contributed by atoms with Gasteiger partial charge in [0.15, 0.2) is 0 Å². The second kappa shape index (κ2) is 9.98. The minimum absolute atomic E-state index is 0.141. The van der Waals surface area contributed by atoms with E-state index >= 15 is 0 Å². The molecule has 0 spiro atoms. The number of alkyl halides is 5. The summed E-state index contributed by atoms with van der Waals surface area (Å²) in [5.41, 5.74) is -1.12. The summed E-state index contributed by atoms with van der Waals surface area (Å²) in [4.78, 5) is 28.2. The predicted octanol–water partition coefficient (Wildman–Crippen LogP) is 6.54. The maximum absolute atomic E-state index is 15.0. The Bertz CT molecular complexity index is 1430. The van der Waals surface area contributed by atoms with Gasteiger partial charge in [0.05, 0.1) is 28.6 Å². The molecule has 2 fully saturated rings. The lowest BCUT2D eigenvalue weighted by Gasteiger charge is -2.30. The first-order valence-corrected chi connectivity index (χ1v) is 12.6. The molecule has 1 atom stereocenters. The molecule has 2 aliphatic rings. The van der Waals surface area contributed by atoms with Crippen LogP contribution in [0.1, 0.15) is 71.4 Å². The number of carbonyl (C=O) groups excluding carboxylic acids is 1. The van der Waals surface area contributed by atoms with Crippen molar-refractivity contribution in [3.8, 4) is 17.5 Å². The van der Waals surface area contributed by atoms with Gasteiger partial charge in [-0.15, -0.1) is 0 Å². The molecular formula is C28H24F5N5O. The van der Waals surface area contributed by atoms with Gasteiger partial charge >= 0.3 is 6.18 Å². The molecule has 11 heteroatoms. The third-order valence-corrected chi connectivity index (χ3v) is 7.12. The normalized spacial score (nSPS) is 16.4. The molecule has 5 rings (SSSR count). The third-order valence-electron chi connectivity index (χ3n) is 7.12. The van der Waals surface area contributed by atoms with Gasteiger partial charge in [-0.1, -0.05) is 0 Å². The number of amides is 1. The largest absolute Gasteiger partial charge is 0.416 e. The van der Waals surface area contributed by atoms with E-state index in [1.165, 1.54) is 23.5 Å². The number of benzene rings is 1. The van der Waals surface area contributed by atoms with E-state index in [4.69, 9.17) is 5.26 Å². The molecule has 0 radical (unpaired) electrons. The number of pyridine rings is 1. The van der Waals surface area contributed by atoms with Crippen molar-refractivity contribution in [3.05, 3.63) is 76.9 Å². The lowest BCUT2D eigenvalue weighted by Crippen LogP contribution is -2.36. The summed E-state index contributed by atoms with van der Waals surface area (Å²) < 4.78 is 71.1. The van der Waals surface area contributed by atoms with Crippen LogP contribution in [0, 0.1) is 23.2 Å². The standard InChI is InChI=1S/C28H24F5N5O/c1-16(24-25(36-9-8-35-24)23-7-4-18(13-34)14-37-23)38(15-17-2-3-17)26(39)19-10-21(27(29,30)20-5-6-20)12-22(11-19)28(31,32)33/h4,7-12,14,16-17,20H,2-3,5-6,15H2,1H3. The van der Waals surface area contributed by atoms with E-state index in [2.05, 4.69) is 15.0 Å². The fraction of sp³-hybridized carbons (Fsp3) is 0.393. The summed E-state index contributed by atoms with van der Waals surface area (Å²) >= 11 is 0. The van der Waals surface area contributed by atoms with Gasteiger partial charge in [0.2, 0.25) is 0 Å². The lowest BCUT2D eigenvalue weighted by molar-refractivity contribution is -0.137. The first-order valence-electron chi connectivity index (χ1n) is 12.6. The van der Waals surface area contributed by atoms with Gasteiger partial charge in [0.25, 0.3) is 11.8 Å². The van der Waals surface area contributed by atoms with Crippen LogP contribution in [0.15, 0.2) is 48.9 Å². The van der Waals surface area contributed by atoms with Crippen molar-refractivity contribution in [2.75, 3.05) is 6.54 Å². The van der Waals surface area contributed by atoms with Crippen molar-refractivity contribution in [1.29, 1.82) is 5.26 Å². The van der Waals surface area contributed by atoms with E-state index in [1.807, 2.05) is 6.07 Å². The Labute approximate surface area is 221 Å². The Morgan fingerprint density at radius 1 is 1.03 bits per heavy atom. The van der Waals surface area contributed by atoms with Gasteiger partial charge in [-0.2, -0.15) is 18.4 Å². The zero-order valence-electron chi connectivity index (χ0n) is 20.9. The zero-order chi connectivity index (χ0) is 27.9. The lowest BCUT2D eigenvalue weighted by atomic mass is 9.97. The summed E-state index contributed by atoms with van der Waals surface area (Å²) in [5.74, 6) is -5.16. The van der Waals surface area contributed by atoms with Crippen LogP contribution in [0.25, 0.3) is 11.4 Å². The number of carbonyl (C=O) groups is 1. The SMILES string of the molecule is CC(c1nccnc1-c1ccc(C#N)cn1)N(CC1CC1)C(=O)c1cc(C(F)(F)F)cc(C(F)(F)C2CC2)c1. The third kappa shape index (κ3) is 5.60. The molecule has 2 saturated carbocycles. The molecule has 39 heavy (non-hydrogen) atoms. The van der Waals surface area contributed by atoms with Crippen LogP contribution >= 0.6 is 0 Å². The van der Waals surface area contributed by atoms with E-state index in [-0.39, 0.29) is 25.3 Å². The average Bonchev–Trinajstić information content (AvgIpc) is 3.84. The average molecular weight is 542 g/mol. The molecule has 2 aromatic heterocycles. The van der Waals surface area contributed by atoms with E-state index in [1.54, 1.807) is 19.1 Å². The zero-order valence-corrected chi connectivity index (χ0v) is 20.9. The molecule has 0 saturated heterocycles. The molecule has 1 unspecified atom stereocenters. The molecular weight excluding hydrogens is 517 g/mol. The van der Waals surface area contributed by atoms with Crippen LogP contribution in [0.2, 0.25) is 0 Å². The maximum Gasteiger partial charge on any atom is 0.416 e. The van der Waals surface area contributed by atoms with Crippen LogP contribution in [0.4, 0.5) is 22.0 Å². The van der Waals surface area contributed by atoms with Gasteiger partial charge in [-0.3, -0.25) is 19.7 Å². The first-order chi connectivity index (χ1) is 18.5. The number of aromatic nitrogens is 3.